The van der Waals surface area contributed by atoms with Crippen molar-refractivity contribution >= 4 is 28.2 Å². The molecule has 1 amide bonds. The molecule has 0 bridgehead atoms. The molecule has 1 fully saturated rings. The highest BCUT2D eigenvalue weighted by molar-refractivity contribution is 7.15. The highest BCUT2D eigenvalue weighted by atomic mass is 32.1. The van der Waals surface area contributed by atoms with Gasteiger partial charge in [-0.3, -0.25) is 9.78 Å². The molecule has 1 aliphatic heterocycles. The normalized spacial score (nSPS) is 17.6. The Labute approximate surface area is 145 Å². The highest BCUT2D eigenvalue weighted by Gasteiger charge is 2.27. The predicted octanol–water partition coefficient (Wildman–Crippen LogP) is 3.19. The lowest BCUT2D eigenvalue weighted by molar-refractivity contribution is -0.127. The number of hydrogen-bond donors (Lipinski definition) is 1. The number of anilines is 2. The minimum atomic E-state index is -0.0238. The van der Waals surface area contributed by atoms with Gasteiger partial charge in [0.25, 0.3) is 0 Å². The molecule has 2 aromatic rings. The van der Waals surface area contributed by atoms with E-state index in [2.05, 4.69) is 33.8 Å². The first-order valence-electron chi connectivity index (χ1n) is 8.01. The SMILES string of the molecule is C=CC(=O)N1CCC[C@H](c2nccnc2Nc2nc(C)c(C)s2)C1. The molecule has 1 saturated heterocycles. The Morgan fingerprint density at radius 2 is 2.21 bits per heavy atom. The van der Waals surface area contributed by atoms with E-state index in [4.69, 9.17) is 0 Å². The molecule has 24 heavy (non-hydrogen) atoms. The van der Waals surface area contributed by atoms with E-state index in [1.807, 2.05) is 11.8 Å². The minimum Gasteiger partial charge on any atom is -0.339 e. The maximum Gasteiger partial charge on any atom is 0.245 e. The quantitative estimate of drug-likeness (QED) is 0.863. The van der Waals surface area contributed by atoms with Gasteiger partial charge in [0.2, 0.25) is 5.91 Å². The number of likely N-dealkylation sites (tertiary alicyclic amines) is 1. The number of aromatic nitrogens is 3. The van der Waals surface area contributed by atoms with Crippen molar-refractivity contribution in [2.75, 3.05) is 18.4 Å². The van der Waals surface area contributed by atoms with Gasteiger partial charge >= 0.3 is 0 Å². The molecule has 0 unspecified atom stereocenters. The largest absolute Gasteiger partial charge is 0.339 e. The predicted molar refractivity (Wildman–Crippen MR) is 95.7 cm³/mol. The maximum atomic E-state index is 11.9. The molecule has 0 saturated carbocycles. The summed E-state index contributed by atoms with van der Waals surface area (Å²) in [6.45, 7) is 9.04. The molecule has 1 atom stereocenters. The summed E-state index contributed by atoms with van der Waals surface area (Å²) in [5.74, 6) is 0.870. The van der Waals surface area contributed by atoms with Gasteiger partial charge in [0.15, 0.2) is 10.9 Å². The monoisotopic (exact) mass is 343 g/mol. The van der Waals surface area contributed by atoms with E-state index in [1.165, 1.54) is 11.0 Å². The molecule has 0 aliphatic carbocycles. The molecule has 0 aromatic carbocycles. The summed E-state index contributed by atoms with van der Waals surface area (Å²) in [5.41, 5.74) is 1.91. The highest BCUT2D eigenvalue weighted by Crippen LogP contribution is 2.32. The van der Waals surface area contributed by atoms with Gasteiger partial charge in [-0.05, 0) is 32.8 Å². The van der Waals surface area contributed by atoms with Crippen molar-refractivity contribution in [3.05, 3.63) is 41.3 Å². The molecule has 1 aliphatic rings. The third kappa shape index (κ3) is 3.46. The number of carbonyl (C=O) groups excluding carboxylic acids is 1. The van der Waals surface area contributed by atoms with Crippen molar-refractivity contribution in [2.45, 2.75) is 32.6 Å². The fraction of sp³-hybridized carbons (Fsp3) is 0.412. The number of hydrogen-bond acceptors (Lipinski definition) is 6. The average molecular weight is 343 g/mol. The van der Waals surface area contributed by atoms with Gasteiger partial charge in [0.1, 0.15) is 0 Å². The van der Waals surface area contributed by atoms with Crippen molar-refractivity contribution in [3.8, 4) is 0 Å². The van der Waals surface area contributed by atoms with Crippen molar-refractivity contribution in [1.29, 1.82) is 0 Å². The number of aryl methyl sites for hydroxylation is 2. The summed E-state index contributed by atoms with van der Waals surface area (Å²) in [4.78, 5) is 28.4. The molecular weight excluding hydrogens is 322 g/mol. The summed E-state index contributed by atoms with van der Waals surface area (Å²) in [5, 5.41) is 4.12. The van der Waals surface area contributed by atoms with Crippen molar-refractivity contribution in [2.24, 2.45) is 0 Å². The number of nitrogens with zero attached hydrogens (tertiary/aromatic N) is 4. The zero-order chi connectivity index (χ0) is 17.1. The van der Waals surface area contributed by atoms with Crippen LogP contribution in [0.2, 0.25) is 0 Å². The summed E-state index contributed by atoms with van der Waals surface area (Å²) in [6, 6.07) is 0. The lowest BCUT2D eigenvalue weighted by Crippen LogP contribution is -2.38. The molecule has 3 rings (SSSR count). The fourth-order valence-electron chi connectivity index (χ4n) is 2.90. The topological polar surface area (TPSA) is 71.0 Å². The Bertz CT molecular complexity index is 738. The van der Waals surface area contributed by atoms with E-state index < -0.39 is 0 Å². The second-order valence-electron chi connectivity index (χ2n) is 5.90. The zero-order valence-corrected chi connectivity index (χ0v) is 14.8. The number of carbonyl (C=O) groups is 1. The van der Waals surface area contributed by atoms with Gasteiger partial charge in [-0.2, -0.15) is 0 Å². The first-order chi connectivity index (χ1) is 11.6. The summed E-state index contributed by atoms with van der Waals surface area (Å²) >= 11 is 1.61. The summed E-state index contributed by atoms with van der Waals surface area (Å²) < 4.78 is 0. The lowest BCUT2D eigenvalue weighted by Gasteiger charge is -2.32. The minimum absolute atomic E-state index is 0.0238. The Morgan fingerprint density at radius 1 is 1.42 bits per heavy atom. The third-order valence-corrected chi connectivity index (χ3v) is 5.26. The number of nitrogens with one attached hydrogen (secondary N) is 1. The van der Waals surface area contributed by atoms with Gasteiger partial charge < -0.3 is 10.2 Å². The van der Waals surface area contributed by atoms with E-state index in [1.54, 1.807) is 23.7 Å². The van der Waals surface area contributed by atoms with Crippen LogP contribution in [0.3, 0.4) is 0 Å². The second-order valence-corrected chi connectivity index (χ2v) is 7.11. The van der Waals surface area contributed by atoms with Crippen LogP contribution in [0.5, 0.6) is 0 Å². The van der Waals surface area contributed by atoms with Gasteiger partial charge in [-0.25, -0.2) is 9.97 Å². The molecule has 1 N–H and O–H groups in total. The molecule has 0 radical (unpaired) electrons. The maximum absolute atomic E-state index is 11.9. The summed E-state index contributed by atoms with van der Waals surface area (Å²) in [6.07, 6.45) is 6.70. The van der Waals surface area contributed by atoms with Gasteiger partial charge in [0, 0.05) is 36.3 Å². The van der Waals surface area contributed by atoms with Crippen molar-refractivity contribution in [1.82, 2.24) is 19.9 Å². The van der Waals surface area contributed by atoms with Crippen LogP contribution in [0.25, 0.3) is 0 Å². The number of amides is 1. The van der Waals surface area contributed by atoms with E-state index in [0.717, 1.165) is 41.7 Å². The standard InChI is InChI=1S/C17H21N5OS/c1-4-14(23)22-9-5-6-13(10-22)15-16(19-8-7-18-15)21-17-20-11(2)12(3)24-17/h4,7-8,13H,1,5-6,9-10H2,2-3H3,(H,19,20,21)/t13-/m0/s1. The van der Waals surface area contributed by atoms with E-state index in [9.17, 15) is 4.79 Å². The molecule has 0 spiro atoms. The Kier molecular flexibility index (Phi) is 4.89. The smallest absolute Gasteiger partial charge is 0.245 e. The van der Waals surface area contributed by atoms with E-state index >= 15 is 0 Å². The Hall–Kier alpha value is -2.28. The lowest BCUT2D eigenvalue weighted by atomic mass is 9.94. The van der Waals surface area contributed by atoms with Crippen LogP contribution in [0.1, 0.15) is 35.0 Å². The van der Waals surface area contributed by atoms with E-state index in [-0.39, 0.29) is 11.8 Å². The molecule has 2 aromatic heterocycles. The molecule has 6 nitrogen and oxygen atoms in total. The van der Waals surface area contributed by atoms with Crippen LogP contribution in [-0.4, -0.2) is 38.8 Å². The fourth-order valence-corrected chi connectivity index (χ4v) is 3.71. The Morgan fingerprint density at radius 3 is 2.92 bits per heavy atom. The molecule has 126 valence electrons. The first kappa shape index (κ1) is 16.6. The van der Waals surface area contributed by atoms with Gasteiger partial charge in [-0.1, -0.05) is 6.58 Å². The summed E-state index contributed by atoms with van der Waals surface area (Å²) in [7, 11) is 0. The van der Waals surface area contributed by atoms with Gasteiger partial charge in [0.05, 0.1) is 11.4 Å². The van der Waals surface area contributed by atoms with Crippen molar-refractivity contribution < 1.29 is 4.79 Å². The third-order valence-electron chi connectivity index (χ3n) is 4.27. The van der Waals surface area contributed by atoms with Crippen LogP contribution in [0.15, 0.2) is 25.0 Å². The van der Waals surface area contributed by atoms with Crippen LogP contribution in [0, 0.1) is 13.8 Å². The van der Waals surface area contributed by atoms with Crippen LogP contribution in [0.4, 0.5) is 10.9 Å². The van der Waals surface area contributed by atoms with Crippen LogP contribution in [-0.2, 0) is 4.79 Å². The zero-order valence-electron chi connectivity index (χ0n) is 14.0. The van der Waals surface area contributed by atoms with Gasteiger partial charge in [-0.15, -0.1) is 11.3 Å². The average Bonchev–Trinajstić information content (AvgIpc) is 2.92. The van der Waals surface area contributed by atoms with Crippen molar-refractivity contribution in [3.63, 3.8) is 0 Å². The Balaban J connectivity index is 1.83. The number of thiazole rings is 1. The van der Waals surface area contributed by atoms with Crippen LogP contribution < -0.4 is 5.32 Å². The second kappa shape index (κ2) is 7.09. The van der Waals surface area contributed by atoms with Crippen LogP contribution >= 0.6 is 11.3 Å². The first-order valence-corrected chi connectivity index (χ1v) is 8.83. The molecule has 7 heteroatoms. The molecular formula is C17H21N5OS. The number of rotatable bonds is 4. The molecule has 3 heterocycles. The number of piperidine rings is 1. The van der Waals surface area contributed by atoms with E-state index in [0.29, 0.717) is 6.54 Å².